The molecule has 0 bridgehead atoms. The van der Waals surface area contributed by atoms with Gasteiger partial charge in [0.05, 0.1) is 0 Å². The lowest BCUT2D eigenvalue weighted by Gasteiger charge is -2.34. The maximum absolute atomic E-state index is 11.8. The van der Waals surface area contributed by atoms with Crippen molar-refractivity contribution in [2.24, 2.45) is 0 Å². The first kappa shape index (κ1) is 13.4. The molecule has 1 aliphatic heterocycles. The van der Waals surface area contributed by atoms with Crippen LogP contribution in [-0.4, -0.2) is 66.7 Å². The van der Waals surface area contributed by atoms with Crippen LogP contribution in [0.15, 0.2) is 0 Å². The minimum atomic E-state index is -3.69. The van der Waals surface area contributed by atoms with Crippen LogP contribution in [0.2, 0.25) is 0 Å². The zero-order valence-electron chi connectivity index (χ0n) is 9.59. The highest BCUT2D eigenvalue weighted by atomic mass is 32.2. The molecule has 0 aromatic rings. The van der Waals surface area contributed by atoms with Gasteiger partial charge < -0.3 is 10.0 Å². The Morgan fingerprint density at radius 3 is 2.19 bits per heavy atom. The van der Waals surface area contributed by atoms with Crippen molar-refractivity contribution in [3.63, 3.8) is 0 Å². The van der Waals surface area contributed by atoms with Gasteiger partial charge in [0.15, 0.2) is 5.25 Å². The quantitative estimate of drug-likeness (QED) is 0.722. The fourth-order valence-electron chi connectivity index (χ4n) is 1.65. The SMILES string of the molecule is CCN1CCN(S(=O)(=O)C(C)C(=O)O)CC1. The lowest BCUT2D eigenvalue weighted by atomic mass is 10.4. The molecule has 0 spiro atoms. The number of piperazine rings is 1. The number of rotatable bonds is 4. The monoisotopic (exact) mass is 250 g/mol. The molecule has 94 valence electrons. The summed E-state index contributed by atoms with van der Waals surface area (Å²) in [5, 5.41) is 7.37. The van der Waals surface area contributed by atoms with Crippen molar-refractivity contribution in [3.05, 3.63) is 0 Å². The highest BCUT2D eigenvalue weighted by Crippen LogP contribution is 2.12. The highest BCUT2D eigenvalue weighted by Gasteiger charge is 2.35. The smallest absolute Gasteiger partial charge is 0.323 e. The van der Waals surface area contributed by atoms with Crippen molar-refractivity contribution in [3.8, 4) is 0 Å². The fourth-order valence-corrected chi connectivity index (χ4v) is 3.03. The molecular weight excluding hydrogens is 232 g/mol. The molecule has 1 atom stereocenters. The molecule has 0 saturated carbocycles. The second kappa shape index (κ2) is 5.11. The van der Waals surface area contributed by atoms with E-state index in [0.717, 1.165) is 6.54 Å². The number of carboxylic acids is 1. The number of hydrogen-bond acceptors (Lipinski definition) is 4. The molecule has 0 radical (unpaired) electrons. The minimum Gasteiger partial charge on any atom is -0.480 e. The second-order valence-electron chi connectivity index (χ2n) is 3.86. The molecule has 1 fully saturated rings. The standard InChI is InChI=1S/C9H18N2O4S/c1-3-10-4-6-11(7-5-10)16(14,15)8(2)9(12)13/h8H,3-7H2,1-2H3,(H,12,13). The lowest BCUT2D eigenvalue weighted by molar-refractivity contribution is -0.136. The molecule has 1 aliphatic rings. The molecule has 0 aromatic heterocycles. The number of carboxylic acid groups (broad SMARTS) is 1. The number of aliphatic carboxylic acids is 1. The number of nitrogens with zero attached hydrogens (tertiary/aromatic N) is 2. The Hall–Kier alpha value is -0.660. The summed E-state index contributed by atoms with van der Waals surface area (Å²) in [5.74, 6) is -1.29. The molecule has 1 heterocycles. The van der Waals surface area contributed by atoms with Crippen molar-refractivity contribution >= 4 is 16.0 Å². The molecule has 1 unspecified atom stereocenters. The number of hydrogen-bond donors (Lipinski definition) is 1. The van der Waals surface area contributed by atoms with Crippen LogP contribution >= 0.6 is 0 Å². The Balaban J connectivity index is 2.69. The molecule has 0 amide bonds. The van der Waals surface area contributed by atoms with Crippen LogP contribution in [-0.2, 0) is 14.8 Å². The summed E-state index contributed by atoms with van der Waals surface area (Å²) in [6.07, 6.45) is 0. The average Bonchev–Trinajstić information content (AvgIpc) is 2.28. The van der Waals surface area contributed by atoms with Gasteiger partial charge in [-0.05, 0) is 13.5 Å². The first-order valence-electron chi connectivity index (χ1n) is 5.33. The summed E-state index contributed by atoms with van der Waals surface area (Å²) in [4.78, 5) is 12.8. The lowest BCUT2D eigenvalue weighted by Crippen LogP contribution is -2.51. The van der Waals surface area contributed by atoms with E-state index in [9.17, 15) is 13.2 Å². The molecule has 1 N–H and O–H groups in total. The molecule has 0 aliphatic carbocycles. The predicted molar refractivity (Wildman–Crippen MR) is 59.7 cm³/mol. The molecule has 1 rings (SSSR count). The van der Waals surface area contributed by atoms with Gasteiger partial charge in [0.25, 0.3) is 0 Å². The summed E-state index contributed by atoms with van der Waals surface area (Å²) in [7, 11) is -3.69. The van der Waals surface area contributed by atoms with Gasteiger partial charge in [-0.1, -0.05) is 6.92 Å². The van der Waals surface area contributed by atoms with E-state index in [-0.39, 0.29) is 0 Å². The van der Waals surface area contributed by atoms with Crippen LogP contribution < -0.4 is 0 Å². The summed E-state index contributed by atoms with van der Waals surface area (Å²) in [6, 6.07) is 0. The second-order valence-corrected chi connectivity index (χ2v) is 6.11. The summed E-state index contributed by atoms with van der Waals surface area (Å²) in [5.41, 5.74) is 0. The molecule has 16 heavy (non-hydrogen) atoms. The van der Waals surface area contributed by atoms with Crippen LogP contribution in [0, 0.1) is 0 Å². The van der Waals surface area contributed by atoms with Crippen molar-refractivity contribution in [1.29, 1.82) is 0 Å². The van der Waals surface area contributed by atoms with E-state index < -0.39 is 21.2 Å². The summed E-state index contributed by atoms with van der Waals surface area (Å²) in [6.45, 7) is 6.22. The van der Waals surface area contributed by atoms with Gasteiger partial charge in [0.1, 0.15) is 0 Å². The normalized spacial score (nSPS) is 21.9. The summed E-state index contributed by atoms with van der Waals surface area (Å²) >= 11 is 0. The van der Waals surface area contributed by atoms with Gasteiger partial charge in [-0.25, -0.2) is 8.42 Å². The Labute approximate surface area is 95.9 Å². The molecule has 1 saturated heterocycles. The van der Waals surface area contributed by atoms with E-state index in [2.05, 4.69) is 4.90 Å². The molecule has 0 aromatic carbocycles. The van der Waals surface area contributed by atoms with Gasteiger partial charge in [-0.15, -0.1) is 0 Å². The first-order valence-corrected chi connectivity index (χ1v) is 6.84. The van der Waals surface area contributed by atoms with Crippen molar-refractivity contribution < 1.29 is 18.3 Å². The topological polar surface area (TPSA) is 77.9 Å². The van der Waals surface area contributed by atoms with E-state index in [0.29, 0.717) is 26.2 Å². The van der Waals surface area contributed by atoms with Gasteiger partial charge >= 0.3 is 5.97 Å². The van der Waals surface area contributed by atoms with E-state index in [1.165, 1.54) is 11.2 Å². The van der Waals surface area contributed by atoms with Gasteiger partial charge in [-0.3, -0.25) is 4.79 Å². The van der Waals surface area contributed by atoms with Gasteiger partial charge in [-0.2, -0.15) is 4.31 Å². The summed E-state index contributed by atoms with van der Waals surface area (Å²) < 4.78 is 25.0. The zero-order chi connectivity index (χ0) is 12.3. The van der Waals surface area contributed by atoms with Crippen LogP contribution in [0.4, 0.5) is 0 Å². The zero-order valence-corrected chi connectivity index (χ0v) is 10.4. The van der Waals surface area contributed by atoms with Crippen LogP contribution in [0.3, 0.4) is 0 Å². The molecule has 7 heteroatoms. The third kappa shape index (κ3) is 2.72. The minimum absolute atomic E-state index is 0.383. The number of carbonyl (C=O) groups is 1. The van der Waals surface area contributed by atoms with Crippen molar-refractivity contribution in [1.82, 2.24) is 9.21 Å². The van der Waals surface area contributed by atoms with Crippen molar-refractivity contribution in [2.75, 3.05) is 32.7 Å². The van der Waals surface area contributed by atoms with E-state index >= 15 is 0 Å². The van der Waals surface area contributed by atoms with E-state index in [1.54, 1.807) is 0 Å². The Bertz CT molecular complexity index is 347. The first-order chi connectivity index (χ1) is 7.39. The van der Waals surface area contributed by atoms with Gasteiger partial charge in [0, 0.05) is 26.2 Å². The fraction of sp³-hybridized carbons (Fsp3) is 0.889. The Morgan fingerprint density at radius 1 is 1.31 bits per heavy atom. The van der Waals surface area contributed by atoms with Crippen molar-refractivity contribution in [2.45, 2.75) is 19.1 Å². The average molecular weight is 250 g/mol. The van der Waals surface area contributed by atoms with E-state index in [4.69, 9.17) is 5.11 Å². The number of sulfonamides is 1. The van der Waals surface area contributed by atoms with Gasteiger partial charge in [0.2, 0.25) is 10.0 Å². The molecular formula is C9H18N2O4S. The number of likely N-dealkylation sites (N-methyl/N-ethyl adjacent to an activating group) is 1. The Kier molecular flexibility index (Phi) is 4.28. The largest absolute Gasteiger partial charge is 0.480 e. The van der Waals surface area contributed by atoms with Crippen LogP contribution in [0.1, 0.15) is 13.8 Å². The third-order valence-corrected chi connectivity index (χ3v) is 5.11. The molecule has 6 nitrogen and oxygen atoms in total. The maximum atomic E-state index is 11.8. The predicted octanol–water partition coefficient (Wildman–Crippen LogP) is -0.573. The van der Waals surface area contributed by atoms with Crippen LogP contribution in [0.25, 0.3) is 0 Å². The van der Waals surface area contributed by atoms with E-state index in [1.807, 2.05) is 6.92 Å². The van der Waals surface area contributed by atoms with Crippen LogP contribution in [0.5, 0.6) is 0 Å². The third-order valence-electron chi connectivity index (χ3n) is 2.93. The Morgan fingerprint density at radius 2 is 1.81 bits per heavy atom. The highest BCUT2D eigenvalue weighted by molar-refractivity contribution is 7.90. The maximum Gasteiger partial charge on any atom is 0.323 e.